The van der Waals surface area contributed by atoms with Crippen molar-refractivity contribution in [3.63, 3.8) is 0 Å². The van der Waals surface area contributed by atoms with E-state index in [0.717, 1.165) is 50.8 Å². The molecule has 1 aliphatic heterocycles. The topological polar surface area (TPSA) is 29.9 Å². The first-order valence-electron chi connectivity index (χ1n) is 10.8. The molecule has 0 aliphatic carbocycles. The van der Waals surface area contributed by atoms with Crippen LogP contribution in [0.1, 0.15) is 25.8 Å². The predicted molar refractivity (Wildman–Crippen MR) is 131 cm³/mol. The molecule has 31 heavy (non-hydrogen) atoms. The largest absolute Gasteiger partial charge is 0.344 e. The highest BCUT2D eigenvalue weighted by Crippen LogP contribution is 2.37. The molecular weight excluding hydrogens is 425 g/mol. The lowest BCUT2D eigenvalue weighted by molar-refractivity contribution is 0.284. The van der Waals surface area contributed by atoms with Crippen molar-refractivity contribution in [3.05, 3.63) is 77.2 Å². The molecule has 0 amide bonds. The van der Waals surface area contributed by atoms with Crippen LogP contribution in [-0.4, -0.2) is 22.6 Å². The molecule has 0 bridgehead atoms. The van der Waals surface area contributed by atoms with Crippen molar-refractivity contribution in [2.75, 3.05) is 13.1 Å². The second kappa shape index (κ2) is 8.66. The molecule has 2 atom stereocenters. The van der Waals surface area contributed by atoms with Gasteiger partial charge in [-0.25, -0.2) is 0 Å². The third kappa shape index (κ3) is 4.10. The second-order valence-corrected chi connectivity index (χ2v) is 9.30. The summed E-state index contributed by atoms with van der Waals surface area (Å²) < 4.78 is 2.42. The van der Waals surface area contributed by atoms with E-state index in [1.165, 1.54) is 18.4 Å². The van der Waals surface area contributed by atoms with Gasteiger partial charge in [0, 0.05) is 62.3 Å². The van der Waals surface area contributed by atoms with Gasteiger partial charge in [-0.3, -0.25) is 4.98 Å². The van der Waals surface area contributed by atoms with Crippen molar-refractivity contribution < 1.29 is 0 Å². The average Bonchev–Trinajstić information content (AvgIpc) is 3.18. The van der Waals surface area contributed by atoms with E-state index in [2.05, 4.69) is 52.3 Å². The summed E-state index contributed by atoms with van der Waals surface area (Å²) in [6.45, 7) is 4.52. The molecule has 1 saturated heterocycles. The Bertz CT molecular complexity index is 1220. The molecule has 0 radical (unpaired) electrons. The Kier molecular flexibility index (Phi) is 5.75. The summed E-state index contributed by atoms with van der Waals surface area (Å²) in [5.41, 5.74) is 5.56. The number of halogens is 2. The van der Waals surface area contributed by atoms with Crippen LogP contribution < -0.4 is 5.32 Å². The molecule has 3 nitrogen and oxygen atoms in total. The zero-order valence-corrected chi connectivity index (χ0v) is 19.0. The van der Waals surface area contributed by atoms with Crippen LogP contribution in [0, 0.1) is 5.92 Å². The van der Waals surface area contributed by atoms with Gasteiger partial charge < -0.3 is 9.88 Å². The monoisotopic (exact) mass is 449 g/mol. The molecule has 0 saturated carbocycles. The Hall–Kier alpha value is -2.33. The van der Waals surface area contributed by atoms with Gasteiger partial charge >= 0.3 is 0 Å². The Morgan fingerprint density at radius 3 is 2.65 bits per heavy atom. The number of hydrogen-bond donors (Lipinski definition) is 1. The van der Waals surface area contributed by atoms with E-state index in [1.807, 2.05) is 36.7 Å². The minimum Gasteiger partial charge on any atom is -0.344 e. The van der Waals surface area contributed by atoms with Gasteiger partial charge in [0.2, 0.25) is 0 Å². The normalized spacial score (nSPS) is 17.7. The van der Waals surface area contributed by atoms with Crippen LogP contribution in [0.2, 0.25) is 10.0 Å². The van der Waals surface area contributed by atoms with Crippen molar-refractivity contribution in [2.24, 2.45) is 5.92 Å². The molecule has 0 spiro atoms. The van der Waals surface area contributed by atoms with Crippen LogP contribution in [0.25, 0.3) is 33.2 Å². The highest BCUT2D eigenvalue weighted by Gasteiger charge is 2.23. The van der Waals surface area contributed by atoms with E-state index in [9.17, 15) is 0 Å². The Balaban J connectivity index is 1.62. The molecule has 158 valence electrons. The van der Waals surface area contributed by atoms with E-state index >= 15 is 0 Å². The van der Waals surface area contributed by atoms with Gasteiger partial charge in [-0.15, -0.1) is 0 Å². The molecular formula is C26H25Cl2N3. The smallest absolute Gasteiger partial charge is 0.0490 e. The molecule has 1 aliphatic rings. The first-order valence-corrected chi connectivity index (χ1v) is 11.6. The highest BCUT2D eigenvalue weighted by molar-refractivity contribution is 6.31. The summed E-state index contributed by atoms with van der Waals surface area (Å²) in [5, 5.41) is 6.19. The van der Waals surface area contributed by atoms with Crippen LogP contribution >= 0.6 is 23.2 Å². The summed E-state index contributed by atoms with van der Waals surface area (Å²) in [4.78, 5) is 4.54. The van der Waals surface area contributed by atoms with Crippen molar-refractivity contribution in [3.8, 4) is 22.3 Å². The fourth-order valence-electron chi connectivity index (χ4n) is 4.73. The van der Waals surface area contributed by atoms with Crippen molar-refractivity contribution >= 4 is 34.1 Å². The van der Waals surface area contributed by atoms with E-state index in [0.29, 0.717) is 12.0 Å². The lowest BCUT2D eigenvalue weighted by Crippen LogP contribution is -2.34. The molecule has 5 heteroatoms. The van der Waals surface area contributed by atoms with Gasteiger partial charge in [0.25, 0.3) is 0 Å². The first kappa shape index (κ1) is 20.6. The zero-order valence-electron chi connectivity index (χ0n) is 17.5. The van der Waals surface area contributed by atoms with Crippen LogP contribution in [0.5, 0.6) is 0 Å². The minimum absolute atomic E-state index is 0.397. The minimum atomic E-state index is 0.397. The molecule has 4 aromatic rings. The number of fused-ring (bicyclic) bond motifs is 1. The second-order valence-electron chi connectivity index (χ2n) is 8.43. The van der Waals surface area contributed by atoms with Crippen LogP contribution in [-0.2, 0) is 0 Å². The highest BCUT2D eigenvalue weighted by atomic mass is 35.5. The lowest BCUT2D eigenvalue weighted by atomic mass is 9.92. The molecule has 2 aromatic heterocycles. The van der Waals surface area contributed by atoms with Crippen molar-refractivity contribution in [2.45, 2.75) is 25.8 Å². The summed E-state index contributed by atoms with van der Waals surface area (Å²) in [6, 6.07) is 16.7. The average molecular weight is 450 g/mol. The van der Waals surface area contributed by atoms with Crippen molar-refractivity contribution in [1.82, 2.24) is 14.9 Å². The van der Waals surface area contributed by atoms with Crippen LogP contribution in [0.4, 0.5) is 0 Å². The van der Waals surface area contributed by atoms with Gasteiger partial charge in [-0.1, -0.05) is 35.3 Å². The third-order valence-corrected chi connectivity index (χ3v) is 6.93. The number of nitrogens with zero attached hydrogens (tertiary/aromatic N) is 2. The van der Waals surface area contributed by atoms with E-state index in [1.54, 1.807) is 0 Å². The Labute approximate surface area is 193 Å². The Morgan fingerprint density at radius 2 is 1.84 bits per heavy atom. The number of nitrogens with one attached hydrogen (secondary N) is 1. The van der Waals surface area contributed by atoms with Crippen LogP contribution in [0.15, 0.2) is 67.1 Å². The summed E-state index contributed by atoms with van der Waals surface area (Å²) in [5.74, 6) is 0.615. The number of hydrogen-bond acceptors (Lipinski definition) is 2. The maximum Gasteiger partial charge on any atom is 0.0490 e. The molecule has 1 N–H and O–H groups in total. The fraction of sp³-hybridized carbons (Fsp3) is 0.269. The van der Waals surface area contributed by atoms with E-state index in [4.69, 9.17) is 23.2 Å². The third-order valence-electron chi connectivity index (χ3n) is 6.46. The number of rotatable bonds is 4. The molecule has 1 fully saturated rings. The standard InChI is InChI=1S/C26H25Cl2N3/c1-17(19-5-3-9-29-13-19)31-16-25(24-12-23(28)7-8-26(24)31)21-10-20(14-30-15-21)18-4-2-6-22(27)11-18/h2,4,6-8,10-12,14-17,19,29H,3,5,9,13H2,1H3. The van der Waals surface area contributed by atoms with Crippen LogP contribution in [0.3, 0.4) is 0 Å². The fourth-order valence-corrected chi connectivity index (χ4v) is 5.09. The first-order chi connectivity index (χ1) is 15.1. The SMILES string of the molecule is CC(C1CCCNC1)n1cc(-c2cncc(-c3cccc(Cl)c3)c2)c2cc(Cl)ccc21. The molecule has 5 rings (SSSR count). The van der Waals surface area contributed by atoms with E-state index in [-0.39, 0.29) is 0 Å². The predicted octanol–water partition coefficient (Wildman–Crippen LogP) is 7.24. The van der Waals surface area contributed by atoms with E-state index < -0.39 is 0 Å². The zero-order chi connectivity index (χ0) is 21.4. The summed E-state index contributed by atoms with van der Waals surface area (Å²) in [7, 11) is 0. The van der Waals surface area contributed by atoms with Gasteiger partial charge in [0.1, 0.15) is 0 Å². The van der Waals surface area contributed by atoms with Gasteiger partial charge in [-0.2, -0.15) is 0 Å². The summed E-state index contributed by atoms with van der Waals surface area (Å²) >= 11 is 12.6. The molecule has 3 heterocycles. The van der Waals surface area contributed by atoms with Gasteiger partial charge in [0.15, 0.2) is 0 Å². The number of piperidine rings is 1. The summed E-state index contributed by atoms with van der Waals surface area (Å²) in [6.07, 6.45) is 8.58. The van der Waals surface area contributed by atoms with Gasteiger partial charge in [0.05, 0.1) is 0 Å². The number of aromatic nitrogens is 2. The maximum absolute atomic E-state index is 6.41. The lowest BCUT2D eigenvalue weighted by Gasteiger charge is -2.30. The maximum atomic E-state index is 6.41. The quantitative estimate of drug-likeness (QED) is 0.355. The molecule has 2 unspecified atom stereocenters. The van der Waals surface area contributed by atoms with Gasteiger partial charge in [-0.05, 0) is 80.7 Å². The Morgan fingerprint density at radius 1 is 1.00 bits per heavy atom. The molecule has 2 aromatic carbocycles. The number of pyridine rings is 1. The number of benzene rings is 2. The van der Waals surface area contributed by atoms with Crippen molar-refractivity contribution in [1.29, 1.82) is 0 Å².